The van der Waals surface area contributed by atoms with E-state index in [0.29, 0.717) is 17.9 Å². The summed E-state index contributed by atoms with van der Waals surface area (Å²) in [6.45, 7) is 12.8. The summed E-state index contributed by atoms with van der Waals surface area (Å²) in [6, 6.07) is 0. The molecule has 4 aliphatic rings. The topological polar surface area (TPSA) is 40.5 Å². The van der Waals surface area contributed by atoms with Gasteiger partial charge in [0.2, 0.25) is 0 Å². The van der Waals surface area contributed by atoms with Crippen molar-refractivity contribution in [2.24, 2.45) is 52.3 Å². The highest BCUT2D eigenvalue weighted by molar-refractivity contribution is 5.27. The second kappa shape index (κ2) is 9.13. The molecule has 4 rings (SSSR count). The van der Waals surface area contributed by atoms with Gasteiger partial charge in [-0.3, -0.25) is 0 Å². The zero-order chi connectivity index (χ0) is 22.4. The number of allylic oxidation sites excluding steroid dienone is 1. The highest BCUT2D eigenvalue weighted by atomic mass is 16.3. The SMILES string of the molecule is CC(C)CCCC(C)C1CCC2C3C(CCO)C=C4CC(O)CC[C@]4(C)C3CC[C@]12C. The van der Waals surface area contributed by atoms with E-state index >= 15 is 0 Å². The predicted octanol–water partition coefficient (Wildman–Crippen LogP) is 7.00. The fraction of sp³-hybridized carbons (Fsp3) is 0.931. The number of hydrogen-bond donors (Lipinski definition) is 2. The van der Waals surface area contributed by atoms with Crippen molar-refractivity contribution < 1.29 is 10.2 Å². The van der Waals surface area contributed by atoms with E-state index in [4.69, 9.17) is 0 Å². The lowest BCUT2D eigenvalue weighted by Crippen LogP contribution is -2.53. The van der Waals surface area contributed by atoms with Gasteiger partial charge in [-0.15, -0.1) is 0 Å². The Morgan fingerprint density at radius 1 is 1.00 bits per heavy atom. The van der Waals surface area contributed by atoms with Crippen LogP contribution < -0.4 is 0 Å². The molecule has 0 radical (unpaired) electrons. The molecule has 3 saturated carbocycles. The first-order chi connectivity index (χ1) is 14.7. The van der Waals surface area contributed by atoms with Gasteiger partial charge in [0, 0.05) is 6.61 Å². The maximum atomic E-state index is 10.4. The minimum atomic E-state index is -0.151. The van der Waals surface area contributed by atoms with Gasteiger partial charge in [0.1, 0.15) is 0 Å². The van der Waals surface area contributed by atoms with Crippen LogP contribution in [0.5, 0.6) is 0 Å². The lowest BCUT2D eigenvalue weighted by atomic mass is 9.44. The predicted molar refractivity (Wildman–Crippen MR) is 130 cm³/mol. The van der Waals surface area contributed by atoms with Crippen molar-refractivity contribution in [2.45, 2.75) is 111 Å². The first-order valence-corrected chi connectivity index (χ1v) is 13.7. The van der Waals surface area contributed by atoms with E-state index in [1.165, 1.54) is 50.5 Å². The molecule has 0 aliphatic heterocycles. The summed E-state index contributed by atoms with van der Waals surface area (Å²) in [4.78, 5) is 0. The average Bonchev–Trinajstić information content (AvgIpc) is 3.06. The molecule has 9 atom stereocenters. The van der Waals surface area contributed by atoms with E-state index in [2.05, 4.69) is 40.7 Å². The summed E-state index contributed by atoms with van der Waals surface area (Å²) >= 11 is 0. The van der Waals surface area contributed by atoms with Crippen LogP contribution in [0.1, 0.15) is 105 Å². The highest BCUT2D eigenvalue weighted by Gasteiger charge is 2.60. The van der Waals surface area contributed by atoms with Crippen molar-refractivity contribution in [3.05, 3.63) is 11.6 Å². The molecular weight excluding hydrogens is 380 g/mol. The quantitative estimate of drug-likeness (QED) is 0.427. The van der Waals surface area contributed by atoms with Gasteiger partial charge in [-0.05, 0) is 104 Å². The zero-order valence-corrected chi connectivity index (χ0v) is 21.1. The maximum absolute atomic E-state index is 10.4. The third-order valence-electron chi connectivity index (χ3n) is 10.9. The molecule has 2 heteroatoms. The van der Waals surface area contributed by atoms with Gasteiger partial charge in [0.05, 0.1) is 6.10 Å². The Morgan fingerprint density at radius 2 is 1.77 bits per heavy atom. The molecule has 0 aromatic heterocycles. The minimum Gasteiger partial charge on any atom is -0.396 e. The fourth-order valence-electron chi connectivity index (χ4n) is 9.25. The van der Waals surface area contributed by atoms with Crippen LogP contribution in [-0.2, 0) is 0 Å². The molecule has 3 fully saturated rings. The largest absolute Gasteiger partial charge is 0.396 e. The van der Waals surface area contributed by atoms with Crippen LogP contribution in [0, 0.1) is 52.3 Å². The van der Waals surface area contributed by atoms with Crippen LogP contribution in [0.4, 0.5) is 0 Å². The molecule has 178 valence electrons. The molecule has 0 aromatic carbocycles. The van der Waals surface area contributed by atoms with E-state index < -0.39 is 0 Å². The molecule has 2 N–H and O–H groups in total. The molecule has 2 nitrogen and oxygen atoms in total. The first kappa shape index (κ1) is 23.8. The Bertz CT molecular complexity index is 653. The third kappa shape index (κ3) is 4.18. The van der Waals surface area contributed by atoms with E-state index in [-0.39, 0.29) is 11.5 Å². The average molecular weight is 431 g/mol. The number of hydrogen-bond acceptors (Lipinski definition) is 2. The van der Waals surface area contributed by atoms with Crippen LogP contribution in [0.25, 0.3) is 0 Å². The number of rotatable bonds is 7. The van der Waals surface area contributed by atoms with Gasteiger partial charge < -0.3 is 10.2 Å². The monoisotopic (exact) mass is 430 g/mol. The second-order valence-corrected chi connectivity index (χ2v) is 13.0. The Morgan fingerprint density at radius 3 is 2.48 bits per heavy atom. The first-order valence-electron chi connectivity index (χ1n) is 13.7. The molecule has 31 heavy (non-hydrogen) atoms. The molecule has 0 bridgehead atoms. The number of aliphatic hydroxyl groups is 2. The van der Waals surface area contributed by atoms with E-state index in [0.717, 1.165) is 61.2 Å². The Labute approximate surface area is 192 Å². The Kier molecular flexibility index (Phi) is 7.01. The minimum absolute atomic E-state index is 0.151. The summed E-state index contributed by atoms with van der Waals surface area (Å²) < 4.78 is 0. The lowest BCUT2D eigenvalue weighted by Gasteiger charge is -2.60. The number of aliphatic hydroxyl groups excluding tert-OH is 2. The van der Waals surface area contributed by atoms with Crippen LogP contribution in [-0.4, -0.2) is 22.9 Å². The van der Waals surface area contributed by atoms with Crippen LogP contribution >= 0.6 is 0 Å². The van der Waals surface area contributed by atoms with E-state index in [1.54, 1.807) is 0 Å². The van der Waals surface area contributed by atoms with Crippen molar-refractivity contribution in [1.82, 2.24) is 0 Å². The van der Waals surface area contributed by atoms with Gasteiger partial charge in [-0.25, -0.2) is 0 Å². The molecule has 0 aromatic rings. The van der Waals surface area contributed by atoms with Gasteiger partial charge in [0.15, 0.2) is 0 Å². The third-order valence-corrected chi connectivity index (χ3v) is 10.9. The lowest BCUT2D eigenvalue weighted by molar-refractivity contribution is -0.0784. The summed E-state index contributed by atoms with van der Waals surface area (Å²) in [6.07, 6.45) is 16.1. The van der Waals surface area contributed by atoms with Crippen LogP contribution in [0.2, 0.25) is 0 Å². The van der Waals surface area contributed by atoms with E-state index in [1.807, 2.05) is 0 Å². The molecular formula is C29H50O2. The van der Waals surface area contributed by atoms with Gasteiger partial charge >= 0.3 is 0 Å². The van der Waals surface area contributed by atoms with Crippen molar-refractivity contribution >= 4 is 0 Å². The number of fused-ring (bicyclic) bond motifs is 5. The normalized spacial score (nSPS) is 45.6. The molecule has 4 aliphatic carbocycles. The van der Waals surface area contributed by atoms with Crippen molar-refractivity contribution in [3.8, 4) is 0 Å². The second-order valence-electron chi connectivity index (χ2n) is 13.0. The molecule has 0 saturated heterocycles. The zero-order valence-electron chi connectivity index (χ0n) is 21.1. The standard InChI is InChI=1S/C29H50O2/c1-19(2)7-6-8-20(3)24-9-10-25-27-21(13-16-30)17-22-18-23(31)11-14-28(22,4)26(27)12-15-29(24,25)5/h17,19-21,23-27,30-31H,6-16,18H2,1-5H3/t20?,21?,23?,24?,25?,26?,27?,28-,29+/m0/s1. The summed E-state index contributed by atoms with van der Waals surface area (Å²) in [5.74, 6) is 5.38. The van der Waals surface area contributed by atoms with Gasteiger partial charge in [0.25, 0.3) is 0 Å². The molecule has 7 unspecified atom stereocenters. The molecule has 0 amide bonds. The summed E-state index contributed by atoms with van der Waals surface area (Å²) in [5, 5.41) is 20.3. The summed E-state index contributed by atoms with van der Waals surface area (Å²) in [5.41, 5.74) is 2.31. The van der Waals surface area contributed by atoms with Crippen molar-refractivity contribution in [1.29, 1.82) is 0 Å². The van der Waals surface area contributed by atoms with Crippen LogP contribution in [0.3, 0.4) is 0 Å². The fourth-order valence-corrected chi connectivity index (χ4v) is 9.25. The maximum Gasteiger partial charge on any atom is 0.0577 e. The van der Waals surface area contributed by atoms with Crippen LogP contribution in [0.15, 0.2) is 11.6 Å². The molecule has 0 spiro atoms. The summed E-state index contributed by atoms with van der Waals surface area (Å²) in [7, 11) is 0. The Hall–Kier alpha value is -0.340. The van der Waals surface area contributed by atoms with Gasteiger partial charge in [-0.2, -0.15) is 0 Å². The highest BCUT2D eigenvalue weighted by Crippen LogP contribution is 2.68. The molecule has 0 heterocycles. The van der Waals surface area contributed by atoms with E-state index in [9.17, 15) is 10.2 Å². The Balaban J connectivity index is 1.58. The van der Waals surface area contributed by atoms with Crippen molar-refractivity contribution in [3.63, 3.8) is 0 Å². The smallest absolute Gasteiger partial charge is 0.0577 e. The van der Waals surface area contributed by atoms with Crippen molar-refractivity contribution in [2.75, 3.05) is 6.61 Å². The van der Waals surface area contributed by atoms with Gasteiger partial charge in [-0.1, -0.05) is 65.5 Å².